The summed E-state index contributed by atoms with van der Waals surface area (Å²) in [6, 6.07) is 1.03. The van der Waals surface area contributed by atoms with Crippen molar-refractivity contribution in [1.82, 2.24) is 10.2 Å². The molecule has 0 aromatic rings. The Bertz CT molecular complexity index is 243. The van der Waals surface area contributed by atoms with Crippen molar-refractivity contribution in [2.45, 2.75) is 57.2 Å². The van der Waals surface area contributed by atoms with Crippen molar-refractivity contribution in [1.29, 1.82) is 0 Å². The highest BCUT2D eigenvalue weighted by atomic mass is 16.3. The second-order valence-corrected chi connectivity index (χ2v) is 4.95. The summed E-state index contributed by atoms with van der Waals surface area (Å²) in [5.74, 6) is 0.146. The molecule has 0 radical (unpaired) electrons. The van der Waals surface area contributed by atoms with Gasteiger partial charge in [0.2, 0.25) is 5.91 Å². The number of carbonyl (C=O) groups excluding carboxylic acids is 1. The van der Waals surface area contributed by atoms with E-state index in [4.69, 9.17) is 0 Å². The van der Waals surface area contributed by atoms with Crippen LogP contribution in [0.3, 0.4) is 0 Å². The van der Waals surface area contributed by atoms with Crippen LogP contribution in [-0.4, -0.2) is 47.2 Å². The number of nitrogens with zero attached hydrogens (tertiary/aromatic N) is 1. The molecule has 16 heavy (non-hydrogen) atoms. The molecule has 2 fully saturated rings. The molecule has 0 aliphatic carbocycles. The van der Waals surface area contributed by atoms with Crippen LogP contribution in [0, 0.1) is 0 Å². The van der Waals surface area contributed by atoms with Gasteiger partial charge in [0.25, 0.3) is 0 Å². The first-order valence-corrected chi connectivity index (χ1v) is 6.41. The van der Waals surface area contributed by atoms with Crippen LogP contribution in [0.4, 0.5) is 0 Å². The van der Waals surface area contributed by atoms with Crippen LogP contribution in [0.5, 0.6) is 0 Å². The molecule has 0 aromatic heterocycles. The van der Waals surface area contributed by atoms with E-state index in [-0.39, 0.29) is 12.0 Å². The maximum atomic E-state index is 11.4. The standard InChI is InChI=1S/C12H22N2O2/c1-2-13-12(16)5-6-14-9-3-4-10(14)8-11(15)7-9/h9-11,15H,2-8H2,1H3,(H,13,16). The number of fused-ring (bicyclic) bond motifs is 2. The lowest BCUT2D eigenvalue weighted by Gasteiger charge is -2.36. The Kier molecular flexibility index (Phi) is 3.82. The Morgan fingerprint density at radius 1 is 1.38 bits per heavy atom. The molecule has 2 N–H and O–H groups in total. The number of aliphatic hydroxyl groups is 1. The van der Waals surface area contributed by atoms with E-state index < -0.39 is 0 Å². The molecule has 4 heteroatoms. The smallest absolute Gasteiger partial charge is 0.221 e. The number of aliphatic hydroxyl groups excluding tert-OH is 1. The van der Waals surface area contributed by atoms with E-state index in [2.05, 4.69) is 10.2 Å². The van der Waals surface area contributed by atoms with Crippen LogP contribution >= 0.6 is 0 Å². The van der Waals surface area contributed by atoms with Gasteiger partial charge in [0.15, 0.2) is 0 Å². The van der Waals surface area contributed by atoms with Gasteiger partial charge in [-0.25, -0.2) is 0 Å². The molecular formula is C12H22N2O2. The van der Waals surface area contributed by atoms with Gasteiger partial charge in [0.05, 0.1) is 6.10 Å². The quantitative estimate of drug-likeness (QED) is 0.734. The normalized spacial score (nSPS) is 34.0. The topological polar surface area (TPSA) is 52.6 Å². The van der Waals surface area contributed by atoms with Crippen LogP contribution in [0.1, 0.15) is 39.0 Å². The van der Waals surface area contributed by atoms with E-state index in [0.717, 1.165) is 19.4 Å². The van der Waals surface area contributed by atoms with Crippen molar-refractivity contribution in [3.63, 3.8) is 0 Å². The first-order chi connectivity index (χ1) is 7.70. The van der Waals surface area contributed by atoms with Gasteiger partial charge in [-0.3, -0.25) is 9.69 Å². The Morgan fingerprint density at radius 2 is 2.00 bits per heavy atom. The number of amides is 1. The third-order valence-electron chi connectivity index (χ3n) is 3.83. The molecule has 2 aliphatic heterocycles. The summed E-state index contributed by atoms with van der Waals surface area (Å²) in [4.78, 5) is 13.8. The number of carbonyl (C=O) groups is 1. The largest absolute Gasteiger partial charge is 0.393 e. The van der Waals surface area contributed by atoms with E-state index in [1.54, 1.807) is 0 Å². The number of piperidine rings is 1. The molecule has 0 spiro atoms. The van der Waals surface area contributed by atoms with Crippen LogP contribution in [-0.2, 0) is 4.79 Å². The van der Waals surface area contributed by atoms with E-state index >= 15 is 0 Å². The second-order valence-electron chi connectivity index (χ2n) is 4.95. The summed E-state index contributed by atoms with van der Waals surface area (Å²) in [6.07, 6.45) is 4.65. The summed E-state index contributed by atoms with van der Waals surface area (Å²) >= 11 is 0. The van der Waals surface area contributed by atoms with Crippen molar-refractivity contribution in [3.8, 4) is 0 Å². The molecule has 0 aromatic carbocycles. The highest BCUT2D eigenvalue weighted by molar-refractivity contribution is 5.75. The molecule has 2 saturated heterocycles. The Balaban J connectivity index is 1.80. The zero-order valence-electron chi connectivity index (χ0n) is 9.98. The maximum absolute atomic E-state index is 11.4. The van der Waals surface area contributed by atoms with E-state index in [1.807, 2.05) is 6.92 Å². The lowest BCUT2D eigenvalue weighted by molar-refractivity contribution is -0.121. The van der Waals surface area contributed by atoms with Crippen molar-refractivity contribution < 1.29 is 9.90 Å². The summed E-state index contributed by atoms with van der Waals surface area (Å²) in [5.41, 5.74) is 0. The zero-order chi connectivity index (χ0) is 11.5. The molecule has 1 amide bonds. The predicted molar refractivity (Wildman–Crippen MR) is 62.1 cm³/mol. The van der Waals surface area contributed by atoms with Gasteiger partial charge >= 0.3 is 0 Å². The lowest BCUT2D eigenvalue weighted by Crippen LogP contribution is -2.46. The summed E-state index contributed by atoms with van der Waals surface area (Å²) in [7, 11) is 0. The second kappa shape index (κ2) is 5.15. The van der Waals surface area contributed by atoms with Crippen molar-refractivity contribution in [2.75, 3.05) is 13.1 Å². The maximum Gasteiger partial charge on any atom is 0.221 e. The molecule has 2 rings (SSSR count). The van der Waals surface area contributed by atoms with E-state index in [0.29, 0.717) is 25.0 Å². The fraction of sp³-hybridized carbons (Fsp3) is 0.917. The summed E-state index contributed by atoms with van der Waals surface area (Å²) in [5, 5.41) is 12.5. The first-order valence-electron chi connectivity index (χ1n) is 6.41. The molecule has 2 heterocycles. The van der Waals surface area contributed by atoms with Crippen LogP contribution < -0.4 is 5.32 Å². The Hall–Kier alpha value is -0.610. The average Bonchev–Trinajstić information content (AvgIpc) is 2.47. The summed E-state index contributed by atoms with van der Waals surface area (Å²) < 4.78 is 0. The molecule has 2 atom stereocenters. The van der Waals surface area contributed by atoms with Gasteiger partial charge in [-0.1, -0.05) is 0 Å². The van der Waals surface area contributed by atoms with Gasteiger partial charge in [-0.05, 0) is 32.6 Å². The van der Waals surface area contributed by atoms with Crippen LogP contribution in [0.15, 0.2) is 0 Å². The van der Waals surface area contributed by atoms with Crippen LogP contribution in [0.2, 0.25) is 0 Å². The minimum atomic E-state index is -0.113. The Labute approximate surface area is 97.0 Å². The minimum absolute atomic E-state index is 0.113. The number of hydrogen-bond acceptors (Lipinski definition) is 3. The predicted octanol–water partition coefficient (Wildman–Crippen LogP) is 0.500. The van der Waals surface area contributed by atoms with Crippen molar-refractivity contribution >= 4 is 5.91 Å². The molecule has 92 valence electrons. The van der Waals surface area contributed by atoms with E-state index in [9.17, 15) is 9.90 Å². The molecular weight excluding hydrogens is 204 g/mol. The van der Waals surface area contributed by atoms with Crippen LogP contribution in [0.25, 0.3) is 0 Å². The van der Waals surface area contributed by atoms with Gasteiger partial charge < -0.3 is 10.4 Å². The number of nitrogens with one attached hydrogen (secondary N) is 1. The molecule has 2 unspecified atom stereocenters. The number of hydrogen-bond donors (Lipinski definition) is 2. The van der Waals surface area contributed by atoms with Gasteiger partial charge in [0, 0.05) is 31.6 Å². The number of rotatable bonds is 4. The fourth-order valence-corrected chi connectivity index (χ4v) is 3.13. The molecule has 0 saturated carbocycles. The fourth-order valence-electron chi connectivity index (χ4n) is 3.13. The monoisotopic (exact) mass is 226 g/mol. The SMILES string of the molecule is CCNC(=O)CCN1C2CCC1CC(O)C2. The van der Waals surface area contributed by atoms with Gasteiger partial charge in [-0.2, -0.15) is 0 Å². The molecule has 2 bridgehead atoms. The van der Waals surface area contributed by atoms with Gasteiger partial charge in [0.1, 0.15) is 0 Å². The first kappa shape index (κ1) is 11.9. The highest BCUT2D eigenvalue weighted by Gasteiger charge is 2.39. The summed E-state index contributed by atoms with van der Waals surface area (Å²) in [6.45, 7) is 3.51. The van der Waals surface area contributed by atoms with Crippen molar-refractivity contribution in [2.24, 2.45) is 0 Å². The third kappa shape index (κ3) is 2.55. The van der Waals surface area contributed by atoms with Crippen molar-refractivity contribution in [3.05, 3.63) is 0 Å². The van der Waals surface area contributed by atoms with Gasteiger partial charge in [-0.15, -0.1) is 0 Å². The third-order valence-corrected chi connectivity index (χ3v) is 3.83. The molecule has 4 nitrogen and oxygen atoms in total. The molecule has 2 aliphatic rings. The lowest BCUT2D eigenvalue weighted by atomic mass is 10.00. The Morgan fingerprint density at radius 3 is 2.56 bits per heavy atom. The zero-order valence-corrected chi connectivity index (χ0v) is 9.98. The average molecular weight is 226 g/mol. The van der Waals surface area contributed by atoms with E-state index in [1.165, 1.54) is 12.8 Å². The highest BCUT2D eigenvalue weighted by Crippen LogP contribution is 2.35. The minimum Gasteiger partial charge on any atom is -0.393 e.